The van der Waals surface area contributed by atoms with Gasteiger partial charge in [-0.3, -0.25) is 9.10 Å². The van der Waals surface area contributed by atoms with Crippen molar-refractivity contribution in [2.45, 2.75) is 46.6 Å². The highest BCUT2D eigenvalue weighted by Crippen LogP contribution is 2.32. The topological polar surface area (TPSA) is 75.7 Å². The number of hydrogen-bond donors (Lipinski definition) is 1. The number of hydrogen-bond acceptors (Lipinski definition) is 4. The van der Waals surface area contributed by atoms with E-state index in [0.29, 0.717) is 17.2 Å². The van der Waals surface area contributed by atoms with Crippen molar-refractivity contribution >= 4 is 21.6 Å². The number of rotatable bonds is 8. The second-order valence-electron chi connectivity index (χ2n) is 7.72. The SMILES string of the molecule is CCS(=O)(=O)N(C)c1ccc(C(=O)NC(C)c2cc(C(C)C)c(OC)cc2C)cc1. The van der Waals surface area contributed by atoms with Gasteiger partial charge in [-0.15, -0.1) is 0 Å². The van der Waals surface area contributed by atoms with Crippen molar-refractivity contribution in [1.29, 1.82) is 0 Å². The fourth-order valence-electron chi connectivity index (χ4n) is 3.34. The van der Waals surface area contributed by atoms with Crippen molar-refractivity contribution < 1.29 is 17.9 Å². The zero-order chi connectivity index (χ0) is 22.6. The number of carbonyl (C=O) groups is 1. The van der Waals surface area contributed by atoms with E-state index in [1.807, 2.05) is 19.9 Å². The van der Waals surface area contributed by atoms with Crippen LogP contribution in [0.15, 0.2) is 36.4 Å². The van der Waals surface area contributed by atoms with E-state index >= 15 is 0 Å². The lowest BCUT2D eigenvalue weighted by atomic mass is 9.93. The van der Waals surface area contributed by atoms with Gasteiger partial charge in [-0.25, -0.2) is 8.42 Å². The predicted octanol–water partition coefficient (Wildman–Crippen LogP) is 4.40. The molecular formula is C23H32N2O4S. The van der Waals surface area contributed by atoms with Gasteiger partial charge in [0.2, 0.25) is 10.0 Å². The molecule has 0 aromatic heterocycles. The first-order valence-corrected chi connectivity index (χ1v) is 11.7. The fraction of sp³-hybridized carbons (Fsp3) is 0.435. The van der Waals surface area contributed by atoms with Crippen LogP contribution in [-0.2, 0) is 10.0 Å². The van der Waals surface area contributed by atoms with Crippen LogP contribution in [0.2, 0.25) is 0 Å². The second kappa shape index (κ2) is 9.51. The summed E-state index contributed by atoms with van der Waals surface area (Å²) in [4.78, 5) is 12.7. The Morgan fingerprint density at radius 2 is 1.70 bits per heavy atom. The summed E-state index contributed by atoms with van der Waals surface area (Å²) in [6.45, 7) is 9.77. The van der Waals surface area contributed by atoms with Gasteiger partial charge in [0, 0.05) is 12.6 Å². The third-order valence-corrected chi connectivity index (χ3v) is 7.10. The Bertz CT molecular complexity index is 999. The maximum atomic E-state index is 12.7. The number of amides is 1. The van der Waals surface area contributed by atoms with Crippen LogP contribution >= 0.6 is 0 Å². The van der Waals surface area contributed by atoms with Gasteiger partial charge < -0.3 is 10.1 Å². The molecule has 6 nitrogen and oxygen atoms in total. The van der Waals surface area contributed by atoms with Crippen LogP contribution in [0.25, 0.3) is 0 Å². The van der Waals surface area contributed by atoms with E-state index in [2.05, 4.69) is 25.2 Å². The summed E-state index contributed by atoms with van der Waals surface area (Å²) in [6, 6.07) is 10.5. The molecule has 0 heterocycles. The largest absolute Gasteiger partial charge is 0.496 e. The van der Waals surface area contributed by atoms with Crippen LogP contribution in [0, 0.1) is 6.92 Å². The molecule has 0 saturated carbocycles. The van der Waals surface area contributed by atoms with E-state index in [1.165, 1.54) is 11.4 Å². The average molecular weight is 433 g/mol. The molecule has 0 radical (unpaired) electrons. The molecule has 0 aliphatic rings. The molecule has 164 valence electrons. The number of anilines is 1. The van der Waals surface area contributed by atoms with Crippen LogP contribution in [0.4, 0.5) is 5.69 Å². The van der Waals surface area contributed by atoms with E-state index in [1.54, 1.807) is 38.3 Å². The van der Waals surface area contributed by atoms with Crippen LogP contribution < -0.4 is 14.4 Å². The van der Waals surface area contributed by atoms with Crippen molar-refractivity contribution in [3.63, 3.8) is 0 Å². The summed E-state index contributed by atoms with van der Waals surface area (Å²) in [5.74, 6) is 0.956. The van der Waals surface area contributed by atoms with Crippen molar-refractivity contribution in [2.75, 3.05) is 24.2 Å². The smallest absolute Gasteiger partial charge is 0.251 e. The van der Waals surface area contributed by atoms with Crippen LogP contribution in [-0.4, -0.2) is 34.2 Å². The summed E-state index contributed by atoms with van der Waals surface area (Å²) < 4.78 is 30.8. The molecule has 1 atom stereocenters. The summed E-state index contributed by atoms with van der Waals surface area (Å²) >= 11 is 0. The lowest BCUT2D eigenvalue weighted by molar-refractivity contribution is 0.0940. The number of methoxy groups -OCH3 is 1. The van der Waals surface area contributed by atoms with E-state index in [9.17, 15) is 13.2 Å². The lowest BCUT2D eigenvalue weighted by Crippen LogP contribution is -2.29. The molecule has 2 aromatic rings. The minimum Gasteiger partial charge on any atom is -0.496 e. The summed E-state index contributed by atoms with van der Waals surface area (Å²) in [5.41, 5.74) is 4.19. The Kier molecular flexibility index (Phi) is 7.53. The zero-order valence-corrected chi connectivity index (χ0v) is 19.6. The van der Waals surface area contributed by atoms with E-state index in [4.69, 9.17) is 4.74 Å². The number of nitrogens with one attached hydrogen (secondary N) is 1. The van der Waals surface area contributed by atoms with Gasteiger partial charge in [0.15, 0.2) is 0 Å². The summed E-state index contributed by atoms with van der Waals surface area (Å²) in [5, 5.41) is 3.04. The van der Waals surface area contributed by atoms with Gasteiger partial charge in [0.05, 0.1) is 24.6 Å². The van der Waals surface area contributed by atoms with Crippen molar-refractivity contribution in [1.82, 2.24) is 5.32 Å². The van der Waals surface area contributed by atoms with E-state index in [-0.39, 0.29) is 17.7 Å². The van der Waals surface area contributed by atoms with Crippen molar-refractivity contribution in [3.8, 4) is 5.75 Å². The quantitative estimate of drug-likeness (QED) is 0.671. The Morgan fingerprint density at radius 3 is 2.20 bits per heavy atom. The Hall–Kier alpha value is -2.54. The predicted molar refractivity (Wildman–Crippen MR) is 122 cm³/mol. The Morgan fingerprint density at radius 1 is 1.10 bits per heavy atom. The molecule has 0 aliphatic carbocycles. The maximum Gasteiger partial charge on any atom is 0.251 e. The van der Waals surface area contributed by atoms with Gasteiger partial charge in [0.25, 0.3) is 5.91 Å². The molecule has 2 aromatic carbocycles. The van der Waals surface area contributed by atoms with Crippen molar-refractivity contribution in [2.24, 2.45) is 0 Å². The number of benzene rings is 2. The van der Waals surface area contributed by atoms with Crippen LogP contribution in [0.3, 0.4) is 0 Å². The highest BCUT2D eigenvalue weighted by Gasteiger charge is 2.19. The molecular weight excluding hydrogens is 400 g/mol. The van der Waals surface area contributed by atoms with Gasteiger partial charge in [-0.1, -0.05) is 13.8 Å². The first kappa shape index (κ1) is 23.7. The molecule has 0 fully saturated rings. The third kappa shape index (κ3) is 5.14. The lowest BCUT2D eigenvalue weighted by Gasteiger charge is -2.21. The minimum absolute atomic E-state index is 0.0167. The van der Waals surface area contributed by atoms with Gasteiger partial charge in [-0.05, 0) is 79.8 Å². The average Bonchev–Trinajstić information content (AvgIpc) is 2.72. The standard InChI is InChI=1S/C23H32N2O4S/c1-8-30(27,28)25(6)19-11-9-18(10-12-19)23(26)24-17(5)21-14-20(15(2)3)22(29-7)13-16(21)4/h9-15,17H,8H2,1-7H3,(H,24,26). The molecule has 0 bridgehead atoms. The fourth-order valence-corrected chi connectivity index (χ4v) is 4.18. The first-order valence-electron chi connectivity index (χ1n) is 10.1. The molecule has 0 spiro atoms. The van der Waals surface area contributed by atoms with Crippen LogP contribution in [0.1, 0.15) is 66.7 Å². The molecule has 30 heavy (non-hydrogen) atoms. The Balaban J connectivity index is 2.21. The minimum atomic E-state index is -3.34. The van der Waals surface area contributed by atoms with Gasteiger partial charge in [-0.2, -0.15) is 0 Å². The maximum absolute atomic E-state index is 12.7. The highest BCUT2D eigenvalue weighted by atomic mass is 32.2. The monoisotopic (exact) mass is 432 g/mol. The number of carbonyl (C=O) groups excluding carboxylic acids is 1. The van der Waals surface area contributed by atoms with E-state index in [0.717, 1.165) is 22.4 Å². The highest BCUT2D eigenvalue weighted by molar-refractivity contribution is 7.92. The van der Waals surface area contributed by atoms with Crippen molar-refractivity contribution in [3.05, 3.63) is 58.7 Å². The second-order valence-corrected chi connectivity index (χ2v) is 10.0. The number of nitrogens with zero attached hydrogens (tertiary/aromatic N) is 1. The number of aryl methyl sites for hydroxylation is 1. The number of sulfonamides is 1. The molecule has 0 aliphatic heterocycles. The molecule has 1 unspecified atom stereocenters. The third-order valence-electron chi connectivity index (χ3n) is 5.33. The molecule has 1 N–H and O–H groups in total. The van der Waals surface area contributed by atoms with E-state index < -0.39 is 10.0 Å². The zero-order valence-electron chi connectivity index (χ0n) is 18.8. The molecule has 1 amide bonds. The normalized spacial score (nSPS) is 12.5. The summed E-state index contributed by atoms with van der Waals surface area (Å²) in [6.07, 6.45) is 0. The molecule has 0 saturated heterocycles. The molecule has 7 heteroatoms. The van der Waals surface area contributed by atoms with Gasteiger partial charge >= 0.3 is 0 Å². The van der Waals surface area contributed by atoms with Crippen LogP contribution in [0.5, 0.6) is 5.75 Å². The number of ether oxygens (including phenoxy) is 1. The van der Waals surface area contributed by atoms with Gasteiger partial charge in [0.1, 0.15) is 5.75 Å². The first-order chi connectivity index (χ1) is 14.0. The molecule has 2 rings (SSSR count). The Labute approximate surface area is 180 Å². The summed E-state index contributed by atoms with van der Waals surface area (Å²) in [7, 11) is -0.165.